The fraction of sp³-hybridized carbons (Fsp3) is 0.304. The lowest BCUT2D eigenvalue weighted by atomic mass is 9.96. The van der Waals surface area contributed by atoms with E-state index in [1.165, 1.54) is 0 Å². The van der Waals surface area contributed by atoms with Crippen LogP contribution in [0.2, 0.25) is 10.0 Å². The van der Waals surface area contributed by atoms with Crippen molar-refractivity contribution in [2.24, 2.45) is 0 Å². The van der Waals surface area contributed by atoms with Crippen LogP contribution in [0.1, 0.15) is 48.9 Å². The van der Waals surface area contributed by atoms with Gasteiger partial charge in [0.1, 0.15) is 5.75 Å². The topological polar surface area (TPSA) is 32.7 Å². The van der Waals surface area contributed by atoms with Gasteiger partial charge in [-0.25, -0.2) is 0 Å². The molecule has 0 fully saturated rings. The van der Waals surface area contributed by atoms with E-state index in [9.17, 15) is 5.11 Å². The number of allylic oxidation sites excluding steroid dienone is 1. The molecule has 0 amide bonds. The predicted octanol–water partition coefficient (Wildman–Crippen LogP) is 6.82. The average molecular weight is 420 g/mol. The van der Waals surface area contributed by atoms with Crippen molar-refractivity contribution < 1.29 is 9.94 Å². The first-order chi connectivity index (χ1) is 13.1. The summed E-state index contributed by atoms with van der Waals surface area (Å²) in [5.74, 6) is 0.549. The Hall–Kier alpha value is -1.94. The maximum absolute atomic E-state index is 10.0. The summed E-state index contributed by atoms with van der Waals surface area (Å²) in [6.45, 7) is 10.1. The molecule has 5 heteroatoms. The second kappa shape index (κ2) is 9.51. The first-order valence-corrected chi connectivity index (χ1v) is 9.84. The van der Waals surface area contributed by atoms with Crippen LogP contribution in [-0.2, 0) is 11.3 Å². The van der Waals surface area contributed by atoms with E-state index in [2.05, 4.69) is 20.4 Å². The SMILES string of the molecule is C=C(/C(C)=C/c1cc(Cl)c(Cc2ccc(O)c(C(C)C)c2)c(Cl)c1)N(C)OC. The van der Waals surface area contributed by atoms with Crippen LogP contribution in [0.15, 0.2) is 48.2 Å². The largest absolute Gasteiger partial charge is 0.508 e. The highest BCUT2D eigenvalue weighted by Gasteiger charge is 2.12. The molecule has 2 rings (SSSR count). The Morgan fingerprint density at radius 2 is 1.82 bits per heavy atom. The molecule has 0 spiro atoms. The minimum absolute atomic E-state index is 0.236. The Bertz CT molecular complexity index is 880. The van der Waals surface area contributed by atoms with E-state index in [0.29, 0.717) is 22.2 Å². The number of benzene rings is 2. The zero-order valence-corrected chi connectivity index (χ0v) is 18.5. The van der Waals surface area contributed by atoms with Crippen molar-refractivity contribution >= 4 is 29.3 Å². The van der Waals surface area contributed by atoms with Gasteiger partial charge in [0, 0.05) is 23.5 Å². The van der Waals surface area contributed by atoms with E-state index in [1.54, 1.807) is 25.3 Å². The number of hydrogen-bond donors (Lipinski definition) is 1. The van der Waals surface area contributed by atoms with Crippen LogP contribution < -0.4 is 0 Å². The average Bonchev–Trinajstić information content (AvgIpc) is 2.64. The molecule has 2 aromatic rings. The summed E-state index contributed by atoms with van der Waals surface area (Å²) in [6.07, 6.45) is 2.57. The Morgan fingerprint density at radius 1 is 1.21 bits per heavy atom. The molecule has 0 atom stereocenters. The van der Waals surface area contributed by atoms with Gasteiger partial charge in [-0.1, -0.05) is 55.8 Å². The van der Waals surface area contributed by atoms with Crippen molar-refractivity contribution in [2.75, 3.05) is 14.2 Å². The third-order valence-corrected chi connectivity index (χ3v) is 5.43. The van der Waals surface area contributed by atoms with Crippen molar-refractivity contribution in [2.45, 2.75) is 33.1 Å². The molecule has 0 heterocycles. The zero-order valence-electron chi connectivity index (χ0n) is 17.0. The van der Waals surface area contributed by atoms with Crippen LogP contribution in [0.25, 0.3) is 6.08 Å². The maximum Gasteiger partial charge on any atom is 0.119 e. The number of aromatic hydroxyl groups is 1. The summed E-state index contributed by atoms with van der Waals surface area (Å²) >= 11 is 13.1. The Morgan fingerprint density at radius 3 is 2.36 bits per heavy atom. The summed E-state index contributed by atoms with van der Waals surface area (Å²) in [4.78, 5) is 5.16. The van der Waals surface area contributed by atoms with Crippen molar-refractivity contribution in [3.63, 3.8) is 0 Å². The first kappa shape index (κ1) is 22.4. The lowest BCUT2D eigenvalue weighted by molar-refractivity contribution is -0.0742. The number of nitrogens with zero attached hydrogens (tertiary/aromatic N) is 1. The third-order valence-electron chi connectivity index (χ3n) is 4.75. The van der Waals surface area contributed by atoms with Gasteiger partial charge in [0.05, 0.1) is 12.8 Å². The second-order valence-corrected chi connectivity index (χ2v) is 7.96. The van der Waals surface area contributed by atoms with E-state index >= 15 is 0 Å². The number of hydroxylamine groups is 2. The van der Waals surface area contributed by atoms with Gasteiger partial charge in [-0.15, -0.1) is 0 Å². The van der Waals surface area contributed by atoms with Gasteiger partial charge in [-0.3, -0.25) is 9.90 Å². The smallest absolute Gasteiger partial charge is 0.119 e. The Labute approximate surface area is 177 Å². The molecule has 0 aliphatic heterocycles. The van der Waals surface area contributed by atoms with Gasteiger partial charge in [0.25, 0.3) is 0 Å². The van der Waals surface area contributed by atoms with Crippen LogP contribution in [0.4, 0.5) is 0 Å². The van der Waals surface area contributed by atoms with Gasteiger partial charge >= 0.3 is 0 Å². The molecule has 1 N–H and O–H groups in total. The molecule has 0 aliphatic carbocycles. The molecule has 0 radical (unpaired) electrons. The lowest BCUT2D eigenvalue weighted by Crippen LogP contribution is -2.15. The summed E-state index contributed by atoms with van der Waals surface area (Å²) < 4.78 is 0. The predicted molar refractivity (Wildman–Crippen MR) is 119 cm³/mol. The normalized spacial score (nSPS) is 11.8. The molecular formula is C23H27Cl2NO2. The van der Waals surface area contributed by atoms with Crippen molar-refractivity contribution in [1.82, 2.24) is 5.06 Å². The number of phenolic OH excluding ortho intramolecular Hbond substituents is 1. The fourth-order valence-corrected chi connectivity index (χ4v) is 3.58. The van der Waals surface area contributed by atoms with Gasteiger partial charge < -0.3 is 5.11 Å². The summed E-state index contributed by atoms with van der Waals surface area (Å²) in [5.41, 5.74) is 5.44. The third kappa shape index (κ3) is 5.32. The van der Waals surface area contributed by atoms with Gasteiger partial charge in [-0.05, 0) is 64.9 Å². The van der Waals surface area contributed by atoms with Crippen molar-refractivity contribution in [1.29, 1.82) is 0 Å². The summed E-state index contributed by atoms with van der Waals surface area (Å²) in [7, 11) is 3.39. The van der Waals surface area contributed by atoms with Crippen LogP contribution >= 0.6 is 23.2 Å². The Balaban J connectivity index is 2.32. The highest BCUT2D eigenvalue weighted by Crippen LogP contribution is 2.32. The highest BCUT2D eigenvalue weighted by molar-refractivity contribution is 6.36. The molecular weight excluding hydrogens is 393 g/mol. The Kier molecular flexibility index (Phi) is 7.59. The van der Waals surface area contributed by atoms with Crippen molar-refractivity contribution in [3.8, 4) is 5.75 Å². The quantitative estimate of drug-likeness (QED) is 0.394. The van der Waals surface area contributed by atoms with E-state index in [1.807, 2.05) is 37.3 Å². The van der Waals surface area contributed by atoms with Crippen LogP contribution in [0.3, 0.4) is 0 Å². The molecule has 0 saturated carbocycles. The first-order valence-electron chi connectivity index (χ1n) is 9.09. The molecule has 150 valence electrons. The zero-order chi connectivity index (χ0) is 21.0. The van der Waals surface area contributed by atoms with Crippen molar-refractivity contribution in [3.05, 3.63) is 80.5 Å². The van der Waals surface area contributed by atoms with E-state index < -0.39 is 0 Å². The second-order valence-electron chi connectivity index (χ2n) is 7.14. The van der Waals surface area contributed by atoms with E-state index in [0.717, 1.165) is 33.5 Å². The molecule has 0 aromatic heterocycles. The summed E-state index contributed by atoms with van der Waals surface area (Å²) in [6, 6.07) is 9.43. The molecule has 0 saturated heterocycles. The molecule has 3 nitrogen and oxygen atoms in total. The number of phenols is 1. The molecule has 0 bridgehead atoms. The minimum atomic E-state index is 0.236. The molecule has 2 aromatic carbocycles. The molecule has 0 aliphatic rings. The number of hydrogen-bond acceptors (Lipinski definition) is 3. The highest BCUT2D eigenvalue weighted by atomic mass is 35.5. The fourth-order valence-electron chi connectivity index (χ4n) is 2.95. The molecule has 0 unspecified atom stereocenters. The van der Waals surface area contributed by atoms with Gasteiger partial charge in [0.2, 0.25) is 0 Å². The monoisotopic (exact) mass is 419 g/mol. The van der Waals surface area contributed by atoms with E-state index in [4.69, 9.17) is 28.0 Å². The number of likely N-dealkylation sites (N-methyl/N-ethyl adjacent to an activating group) is 1. The van der Waals surface area contributed by atoms with E-state index in [-0.39, 0.29) is 5.92 Å². The maximum atomic E-state index is 10.0. The van der Waals surface area contributed by atoms with Crippen LogP contribution in [0.5, 0.6) is 5.75 Å². The van der Waals surface area contributed by atoms with Gasteiger partial charge in [-0.2, -0.15) is 0 Å². The lowest BCUT2D eigenvalue weighted by Gasteiger charge is -2.19. The number of rotatable bonds is 7. The summed E-state index contributed by atoms with van der Waals surface area (Å²) in [5, 5.41) is 12.8. The minimum Gasteiger partial charge on any atom is -0.508 e. The standard InChI is InChI=1S/C23H27Cl2NO2/c1-14(2)19-10-17(7-8-23(19)27)11-20-21(24)12-18(13-22(20)25)9-15(3)16(4)26(5)28-6/h7-10,12-14,27H,4,11H2,1-3,5-6H3/b15-9+. The number of halogens is 2. The van der Waals surface area contributed by atoms with Crippen LogP contribution in [0, 0.1) is 0 Å². The van der Waals surface area contributed by atoms with Crippen LogP contribution in [-0.4, -0.2) is 24.3 Å². The molecule has 28 heavy (non-hydrogen) atoms. The van der Waals surface area contributed by atoms with Gasteiger partial charge in [0.15, 0.2) is 0 Å².